The number of hydrogen-bond donors (Lipinski definition) is 0. The normalized spacial score (nSPS) is 28.6. The molecule has 0 aromatic rings. The average molecular weight is 340 g/mol. The van der Waals surface area contributed by atoms with Crippen molar-refractivity contribution in [2.45, 2.75) is 104 Å². The summed E-state index contributed by atoms with van der Waals surface area (Å²) in [6.07, 6.45) is 0.806. The lowest BCUT2D eigenvalue weighted by Gasteiger charge is -2.32. The molecule has 1 atom stereocenters. The van der Waals surface area contributed by atoms with Crippen LogP contribution in [0.5, 0.6) is 0 Å². The molecule has 2 heterocycles. The third-order valence-corrected chi connectivity index (χ3v) is 5.80. The Morgan fingerprint density at radius 1 is 0.708 bits per heavy atom. The smallest absolute Gasteiger partial charge is 0.402 e. The molecular weight excluding hydrogens is 306 g/mol. The van der Waals surface area contributed by atoms with Crippen LogP contribution in [0.3, 0.4) is 0 Å². The molecular formula is C17H34B2O5. The van der Waals surface area contributed by atoms with Crippen LogP contribution in [0, 0.1) is 5.92 Å². The molecule has 2 fully saturated rings. The van der Waals surface area contributed by atoms with Gasteiger partial charge in [0, 0.05) is 0 Å². The van der Waals surface area contributed by atoms with Gasteiger partial charge in [0.1, 0.15) is 0 Å². The molecule has 1 unspecified atom stereocenters. The lowest BCUT2D eigenvalue weighted by atomic mass is 9.75. The molecule has 0 radical (unpaired) electrons. The van der Waals surface area contributed by atoms with Crippen LogP contribution in [-0.2, 0) is 23.3 Å². The number of hydrogen-bond acceptors (Lipinski definition) is 5. The monoisotopic (exact) mass is 340 g/mol. The van der Waals surface area contributed by atoms with Gasteiger partial charge in [-0.15, -0.1) is 0 Å². The molecule has 2 aliphatic rings. The van der Waals surface area contributed by atoms with E-state index in [1.165, 1.54) is 0 Å². The van der Waals surface area contributed by atoms with E-state index in [0.29, 0.717) is 5.92 Å². The van der Waals surface area contributed by atoms with E-state index in [-0.39, 0.29) is 17.2 Å². The summed E-state index contributed by atoms with van der Waals surface area (Å²) in [5.41, 5.74) is -1.61. The second-order valence-corrected chi connectivity index (χ2v) is 9.47. The van der Waals surface area contributed by atoms with Crippen molar-refractivity contribution >= 4 is 14.4 Å². The largest absolute Gasteiger partial charge is 0.640 e. The van der Waals surface area contributed by atoms with Crippen LogP contribution >= 0.6 is 0 Å². The fourth-order valence-electron chi connectivity index (χ4n) is 2.72. The van der Waals surface area contributed by atoms with Crippen molar-refractivity contribution in [1.29, 1.82) is 0 Å². The molecule has 0 saturated carbocycles. The minimum absolute atomic E-state index is 0.249. The van der Waals surface area contributed by atoms with E-state index in [0.717, 1.165) is 6.42 Å². The molecule has 0 aliphatic carbocycles. The summed E-state index contributed by atoms with van der Waals surface area (Å²) in [6.45, 7) is 20.6. The molecule has 2 rings (SSSR count). The fourth-order valence-corrected chi connectivity index (χ4v) is 2.72. The first-order chi connectivity index (χ1) is 10.7. The summed E-state index contributed by atoms with van der Waals surface area (Å²) in [6, 6.07) is -0.249. The van der Waals surface area contributed by atoms with Crippen molar-refractivity contribution in [1.82, 2.24) is 0 Å². The Morgan fingerprint density at radius 2 is 1.08 bits per heavy atom. The molecule has 0 aromatic heterocycles. The van der Waals surface area contributed by atoms with Gasteiger partial charge in [-0.1, -0.05) is 13.8 Å². The average Bonchev–Trinajstić information content (AvgIpc) is 2.67. The van der Waals surface area contributed by atoms with E-state index < -0.39 is 25.6 Å². The van der Waals surface area contributed by atoms with Crippen LogP contribution in [0.2, 0.25) is 0 Å². The van der Waals surface area contributed by atoms with Crippen LogP contribution < -0.4 is 0 Å². The lowest BCUT2D eigenvalue weighted by molar-refractivity contribution is 0.00578. The first-order valence-corrected chi connectivity index (χ1v) is 9.04. The maximum atomic E-state index is 6.18. The first kappa shape index (κ1) is 20.2. The molecule has 0 N–H and O–H groups in total. The molecule has 138 valence electrons. The Hall–Kier alpha value is -0.0701. The first-order valence-electron chi connectivity index (χ1n) is 9.04. The maximum Gasteiger partial charge on any atom is 0.640 e. The molecule has 7 heteroatoms. The summed E-state index contributed by atoms with van der Waals surface area (Å²) in [7, 11) is -1.14. The summed E-state index contributed by atoms with van der Waals surface area (Å²) >= 11 is 0. The van der Waals surface area contributed by atoms with Crippen LogP contribution in [0.1, 0.15) is 75.7 Å². The van der Waals surface area contributed by atoms with Crippen molar-refractivity contribution in [3.63, 3.8) is 0 Å². The van der Waals surface area contributed by atoms with Gasteiger partial charge in [0.15, 0.2) is 0 Å². The molecule has 5 nitrogen and oxygen atoms in total. The molecule has 24 heavy (non-hydrogen) atoms. The van der Waals surface area contributed by atoms with E-state index in [2.05, 4.69) is 13.8 Å². The zero-order chi connectivity index (χ0) is 18.6. The predicted molar refractivity (Wildman–Crippen MR) is 96.5 cm³/mol. The summed E-state index contributed by atoms with van der Waals surface area (Å²) < 4.78 is 30.5. The Bertz CT molecular complexity index is 430. The Labute approximate surface area is 148 Å². The van der Waals surface area contributed by atoms with Crippen molar-refractivity contribution in [2.24, 2.45) is 5.92 Å². The van der Waals surface area contributed by atoms with E-state index in [1.54, 1.807) is 0 Å². The Balaban J connectivity index is 2.11. The minimum Gasteiger partial charge on any atom is -0.402 e. The van der Waals surface area contributed by atoms with Crippen molar-refractivity contribution in [2.75, 3.05) is 0 Å². The third-order valence-electron chi connectivity index (χ3n) is 5.80. The van der Waals surface area contributed by atoms with Crippen LogP contribution in [0.25, 0.3) is 0 Å². The van der Waals surface area contributed by atoms with Gasteiger partial charge in [0.05, 0.1) is 28.4 Å². The van der Waals surface area contributed by atoms with Gasteiger partial charge < -0.3 is 23.3 Å². The van der Waals surface area contributed by atoms with Crippen LogP contribution in [0.4, 0.5) is 0 Å². The SMILES string of the molecule is CC(C)CC(OB1OC(C)(C)C(C)(C)O1)B1OC(C)(C)C(C)(C)O1. The highest BCUT2D eigenvalue weighted by Gasteiger charge is 2.58. The Morgan fingerprint density at radius 3 is 1.46 bits per heavy atom. The van der Waals surface area contributed by atoms with Gasteiger partial charge in [0.25, 0.3) is 0 Å². The zero-order valence-corrected chi connectivity index (χ0v) is 17.1. The summed E-state index contributed by atoms with van der Waals surface area (Å²) in [5.74, 6) is 0.441. The zero-order valence-electron chi connectivity index (χ0n) is 17.1. The van der Waals surface area contributed by atoms with E-state index in [9.17, 15) is 0 Å². The molecule has 2 saturated heterocycles. The standard InChI is InChI=1S/C17H34B2O5/c1-12(2)11-13(18-21-14(3,4)15(5,6)22-18)20-19-23-16(7,8)17(9,10)24-19/h12-13H,11H2,1-10H3. The number of rotatable bonds is 5. The Kier molecular flexibility index (Phi) is 5.29. The highest BCUT2D eigenvalue weighted by Crippen LogP contribution is 2.41. The quantitative estimate of drug-likeness (QED) is 0.715. The highest BCUT2D eigenvalue weighted by molar-refractivity contribution is 6.49. The predicted octanol–water partition coefficient (Wildman–Crippen LogP) is 3.64. The van der Waals surface area contributed by atoms with E-state index in [4.69, 9.17) is 23.3 Å². The van der Waals surface area contributed by atoms with E-state index in [1.807, 2.05) is 55.4 Å². The van der Waals surface area contributed by atoms with Crippen molar-refractivity contribution < 1.29 is 23.3 Å². The molecule has 0 bridgehead atoms. The van der Waals surface area contributed by atoms with Gasteiger partial charge in [0.2, 0.25) is 0 Å². The van der Waals surface area contributed by atoms with Crippen LogP contribution in [-0.4, -0.2) is 42.8 Å². The third kappa shape index (κ3) is 3.85. The maximum absolute atomic E-state index is 6.18. The fraction of sp³-hybridized carbons (Fsp3) is 1.00. The van der Waals surface area contributed by atoms with Crippen LogP contribution in [0.15, 0.2) is 0 Å². The summed E-state index contributed by atoms with van der Waals surface area (Å²) in [5, 5.41) is 0. The van der Waals surface area contributed by atoms with Crippen molar-refractivity contribution in [3.8, 4) is 0 Å². The highest BCUT2D eigenvalue weighted by atomic mass is 16.8. The summed E-state index contributed by atoms with van der Waals surface area (Å²) in [4.78, 5) is 0. The molecule has 0 spiro atoms. The molecule has 2 aliphatic heterocycles. The van der Waals surface area contributed by atoms with Gasteiger partial charge in [-0.25, -0.2) is 0 Å². The van der Waals surface area contributed by atoms with E-state index >= 15 is 0 Å². The second-order valence-electron chi connectivity index (χ2n) is 9.47. The van der Waals surface area contributed by atoms with Gasteiger partial charge >= 0.3 is 14.4 Å². The topological polar surface area (TPSA) is 46.2 Å². The molecule has 0 amide bonds. The van der Waals surface area contributed by atoms with Gasteiger partial charge in [-0.3, -0.25) is 0 Å². The van der Waals surface area contributed by atoms with Gasteiger partial charge in [-0.05, 0) is 67.7 Å². The minimum atomic E-state index is -0.710. The lowest BCUT2D eigenvalue weighted by Crippen LogP contribution is -2.42. The van der Waals surface area contributed by atoms with Gasteiger partial charge in [-0.2, -0.15) is 0 Å². The van der Waals surface area contributed by atoms with Crippen molar-refractivity contribution in [3.05, 3.63) is 0 Å². The molecule has 0 aromatic carbocycles. The second kappa shape index (κ2) is 6.27.